The minimum Gasteiger partial charge on any atom is -0.353 e. The Morgan fingerprint density at radius 1 is 0.939 bits per heavy atom. The Morgan fingerprint density at radius 3 is 2.39 bits per heavy atom. The quantitative estimate of drug-likeness (QED) is 0.607. The summed E-state index contributed by atoms with van der Waals surface area (Å²) in [6.07, 6.45) is 3.79. The smallest absolute Gasteiger partial charge is 0.271 e. The lowest BCUT2D eigenvalue weighted by Crippen LogP contribution is -2.47. The Hall–Kier alpha value is -2.97. The maximum Gasteiger partial charge on any atom is 0.271 e. The molecule has 2 aliphatic rings. The van der Waals surface area contributed by atoms with Gasteiger partial charge in [-0.05, 0) is 30.5 Å². The van der Waals surface area contributed by atoms with E-state index in [0.717, 1.165) is 69.6 Å². The van der Waals surface area contributed by atoms with Gasteiger partial charge in [-0.2, -0.15) is 0 Å². The number of thiazole rings is 1. The van der Waals surface area contributed by atoms with Crippen LogP contribution in [0.1, 0.15) is 28.9 Å². The molecule has 1 amide bonds. The molecule has 0 unspecified atom stereocenters. The molecule has 2 saturated heterocycles. The van der Waals surface area contributed by atoms with Crippen LogP contribution in [-0.2, 0) is 6.54 Å². The molecule has 0 atom stereocenters. The van der Waals surface area contributed by atoms with Gasteiger partial charge >= 0.3 is 0 Å². The Kier molecular flexibility index (Phi) is 6.83. The first-order valence-electron chi connectivity index (χ1n) is 11.7. The fourth-order valence-electron chi connectivity index (χ4n) is 4.52. The van der Waals surface area contributed by atoms with Crippen LogP contribution in [0, 0.1) is 0 Å². The zero-order valence-electron chi connectivity index (χ0n) is 18.8. The van der Waals surface area contributed by atoms with Crippen LogP contribution in [-0.4, -0.2) is 66.1 Å². The molecule has 0 bridgehead atoms. The van der Waals surface area contributed by atoms with Gasteiger partial charge in [-0.1, -0.05) is 36.4 Å². The highest BCUT2D eigenvalue weighted by molar-refractivity contribution is 7.13. The highest BCUT2D eigenvalue weighted by atomic mass is 32.1. The van der Waals surface area contributed by atoms with Crippen molar-refractivity contribution in [2.75, 3.05) is 49.1 Å². The van der Waals surface area contributed by atoms with Gasteiger partial charge in [-0.3, -0.25) is 9.69 Å². The minimum absolute atomic E-state index is 0.0499. The van der Waals surface area contributed by atoms with Gasteiger partial charge in [0.05, 0.1) is 0 Å². The molecule has 7 nitrogen and oxygen atoms in total. The number of piperazine rings is 1. The molecule has 0 spiro atoms. The molecular formula is C25H30N6OS. The van der Waals surface area contributed by atoms with Crippen molar-refractivity contribution in [3.63, 3.8) is 0 Å². The van der Waals surface area contributed by atoms with Crippen LogP contribution in [0.15, 0.2) is 60.1 Å². The van der Waals surface area contributed by atoms with Crippen molar-refractivity contribution in [1.29, 1.82) is 0 Å². The van der Waals surface area contributed by atoms with Crippen LogP contribution in [0.25, 0.3) is 0 Å². The van der Waals surface area contributed by atoms with Crippen molar-refractivity contribution in [1.82, 2.24) is 20.2 Å². The predicted octanol–water partition coefficient (Wildman–Crippen LogP) is 3.26. The van der Waals surface area contributed by atoms with Crippen molar-refractivity contribution in [3.05, 3.63) is 71.4 Å². The lowest BCUT2D eigenvalue weighted by molar-refractivity contribution is 0.0904. The molecule has 1 N–H and O–H groups in total. The van der Waals surface area contributed by atoms with E-state index in [1.807, 2.05) is 29.8 Å². The number of nitrogens with one attached hydrogen (secondary N) is 1. The zero-order valence-corrected chi connectivity index (χ0v) is 19.6. The predicted molar refractivity (Wildman–Crippen MR) is 133 cm³/mol. The molecule has 8 heteroatoms. The first kappa shape index (κ1) is 21.9. The number of carbonyl (C=O) groups excluding carboxylic acids is 1. The number of pyridine rings is 1. The van der Waals surface area contributed by atoms with Gasteiger partial charge in [0, 0.05) is 63.4 Å². The highest BCUT2D eigenvalue weighted by Crippen LogP contribution is 2.23. The Balaban J connectivity index is 1.09. The summed E-state index contributed by atoms with van der Waals surface area (Å²) in [5, 5.41) is 6.03. The van der Waals surface area contributed by atoms with Crippen LogP contribution >= 0.6 is 11.3 Å². The Morgan fingerprint density at radius 2 is 1.67 bits per heavy atom. The number of hydrogen-bond donors (Lipinski definition) is 1. The molecule has 33 heavy (non-hydrogen) atoms. The molecule has 172 valence electrons. The summed E-state index contributed by atoms with van der Waals surface area (Å²) in [6.45, 7) is 6.55. The van der Waals surface area contributed by atoms with E-state index in [1.54, 1.807) is 11.3 Å². The number of carbonyl (C=O) groups is 1. The first-order chi connectivity index (χ1) is 16.2. The fraction of sp³-hybridized carbons (Fsp3) is 0.400. The maximum absolute atomic E-state index is 12.8. The number of likely N-dealkylation sites (tertiary alicyclic amines) is 1. The van der Waals surface area contributed by atoms with Crippen LogP contribution in [0.3, 0.4) is 0 Å². The number of benzene rings is 1. The largest absolute Gasteiger partial charge is 0.353 e. The number of amides is 1. The monoisotopic (exact) mass is 462 g/mol. The molecule has 0 radical (unpaired) electrons. The third kappa shape index (κ3) is 5.51. The van der Waals surface area contributed by atoms with Crippen molar-refractivity contribution in [2.24, 2.45) is 0 Å². The van der Waals surface area contributed by atoms with Crippen molar-refractivity contribution in [3.8, 4) is 0 Å². The van der Waals surface area contributed by atoms with E-state index in [0.29, 0.717) is 5.69 Å². The average molecular weight is 463 g/mol. The van der Waals surface area contributed by atoms with E-state index < -0.39 is 0 Å². The summed E-state index contributed by atoms with van der Waals surface area (Å²) in [5.74, 6) is 0.970. The number of piperidine rings is 1. The summed E-state index contributed by atoms with van der Waals surface area (Å²) in [4.78, 5) is 28.9. The zero-order chi connectivity index (χ0) is 22.5. The third-order valence-corrected chi connectivity index (χ3v) is 7.32. The van der Waals surface area contributed by atoms with Crippen molar-refractivity contribution < 1.29 is 4.79 Å². The Bertz CT molecular complexity index is 1030. The molecule has 2 aliphatic heterocycles. The van der Waals surface area contributed by atoms with Gasteiger partial charge in [0.1, 0.15) is 11.5 Å². The van der Waals surface area contributed by atoms with Gasteiger partial charge in [0.2, 0.25) is 0 Å². The number of nitrogens with zero attached hydrogens (tertiary/aromatic N) is 5. The topological polar surface area (TPSA) is 64.6 Å². The van der Waals surface area contributed by atoms with Gasteiger partial charge < -0.3 is 15.1 Å². The van der Waals surface area contributed by atoms with Gasteiger partial charge in [-0.25, -0.2) is 9.97 Å². The van der Waals surface area contributed by atoms with Crippen LogP contribution in [0.5, 0.6) is 0 Å². The molecule has 5 rings (SSSR count). The molecule has 2 fully saturated rings. The second kappa shape index (κ2) is 10.3. The van der Waals surface area contributed by atoms with E-state index in [4.69, 9.17) is 0 Å². The molecule has 1 aromatic carbocycles. The number of hydrogen-bond acceptors (Lipinski definition) is 7. The normalized spacial score (nSPS) is 17.8. The first-order valence-corrected chi connectivity index (χ1v) is 12.6. The van der Waals surface area contributed by atoms with Gasteiger partial charge in [0.25, 0.3) is 5.91 Å². The molecule has 2 aromatic heterocycles. The van der Waals surface area contributed by atoms with Crippen LogP contribution in [0.2, 0.25) is 0 Å². The van der Waals surface area contributed by atoms with E-state index in [-0.39, 0.29) is 11.9 Å². The molecule has 4 heterocycles. The highest BCUT2D eigenvalue weighted by Gasteiger charge is 2.24. The van der Waals surface area contributed by atoms with E-state index >= 15 is 0 Å². The maximum atomic E-state index is 12.8. The van der Waals surface area contributed by atoms with Crippen molar-refractivity contribution >= 4 is 28.2 Å². The molecule has 0 saturated carbocycles. The van der Waals surface area contributed by atoms with Gasteiger partial charge in [-0.15, -0.1) is 11.3 Å². The molecular weight excluding hydrogens is 432 g/mol. The van der Waals surface area contributed by atoms with Crippen molar-refractivity contribution in [2.45, 2.75) is 25.4 Å². The summed E-state index contributed by atoms with van der Waals surface area (Å²) in [6, 6.07) is 16.8. The molecule has 3 aromatic rings. The lowest BCUT2D eigenvalue weighted by Gasteiger charge is -2.35. The summed E-state index contributed by atoms with van der Waals surface area (Å²) >= 11 is 1.56. The fourth-order valence-corrected chi connectivity index (χ4v) is 5.38. The second-order valence-corrected chi connectivity index (χ2v) is 9.52. The molecule has 0 aliphatic carbocycles. The van der Waals surface area contributed by atoms with E-state index in [1.165, 1.54) is 5.56 Å². The van der Waals surface area contributed by atoms with Crippen LogP contribution < -0.4 is 15.1 Å². The number of aromatic nitrogens is 2. The summed E-state index contributed by atoms with van der Waals surface area (Å²) in [7, 11) is 0. The summed E-state index contributed by atoms with van der Waals surface area (Å²) < 4.78 is 0. The van der Waals surface area contributed by atoms with E-state index in [9.17, 15) is 4.79 Å². The summed E-state index contributed by atoms with van der Waals surface area (Å²) in [5.41, 5.74) is 1.88. The number of anilines is 2. The Labute approximate surface area is 199 Å². The third-order valence-electron chi connectivity index (χ3n) is 6.42. The minimum atomic E-state index is -0.0499. The SMILES string of the molecule is O=C(NC1CCN(Cc2ccccc2)CC1)c1csc(N2CCN(c3ccccn3)CC2)n1. The lowest BCUT2D eigenvalue weighted by atomic mass is 10.0. The second-order valence-electron chi connectivity index (χ2n) is 8.69. The van der Waals surface area contributed by atoms with E-state index in [2.05, 4.69) is 60.3 Å². The van der Waals surface area contributed by atoms with Crippen LogP contribution in [0.4, 0.5) is 10.9 Å². The number of rotatable bonds is 6. The van der Waals surface area contributed by atoms with Gasteiger partial charge in [0.15, 0.2) is 5.13 Å². The standard InChI is InChI=1S/C25H30N6OS/c32-24(27-21-9-12-29(13-10-21)18-20-6-2-1-3-7-20)22-19-33-25(28-22)31-16-14-30(15-17-31)23-8-4-5-11-26-23/h1-8,11,19,21H,9-10,12-18H2,(H,27,32). The average Bonchev–Trinajstić information content (AvgIpc) is 3.37.